The Hall–Kier alpha value is -3.52. The molecular weight excluding hydrogens is 464 g/mol. The number of benzene rings is 1. The Morgan fingerprint density at radius 3 is 2.62 bits per heavy atom. The number of carbonyl (C=O) groups is 1. The summed E-state index contributed by atoms with van der Waals surface area (Å²) in [5, 5.41) is 2.79. The van der Waals surface area contributed by atoms with Gasteiger partial charge in [-0.15, -0.1) is 0 Å². The van der Waals surface area contributed by atoms with E-state index in [0.717, 1.165) is 30.9 Å². The summed E-state index contributed by atoms with van der Waals surface area (Å²) in [6, 6.07) is 9.95. The number of aromatic amines is 1. The molecular formula is C29H34N6O2. The lowest BCUT2D eigenvalue weighted by molar-refractivity contribution is 0.102. The van der Waals surface area contributed by atoms with Gasteiger partial charge < -0.3 is 20.1 Å². The van der Waals surface area contributed by atoms with Crippen molar-refractivity contribution < 1.29 is 4.79 Å². The average molecular weight is 499 g/mol. The minimum Gasteiger partial charge on any atom is -0.367 e. The first-order valence-corrected chi connectivity index (χ1v) is 13.6. The zero-order valence-corrected chi connectivity index (χ0v) is 21.2. The molecule has 6 rings (SSSR count). The molecule has 2 aliphatic heterocycles. The van der Waals surface area contributed by atoms with Crippen LogP contribution in [0.4, 0.5) is 11.4 Å². The summed E-state index contributed by atoms with van der Waals surface area (Å²) < 4.78 is 0. The van der Waals surface area contributed by atoms with Gasteiger partial charge in [0.15, 0.2) is 0 Å². The third-order valence-electron chi connectivity index (χ3n) is 7.83. The summed E-state index contributed by atoms with van der Waals surface area (Å²) in [5.74, 6) is 0.403. The molecule has 0 bridgehead atoms. The molecule has 2 saturated heterocycles. The number of H-pyrrole nitrogens is 1. The molecule has 1 saturated carbocycles. The van der Waals surface area contributed by atoms with E-state index in [1.54, 1.807) is 24.7 Å². The van der Waals surface area contributed by atoms with Crippen LogP contribution in [0.2, 0.25) is 0 Å². The molecule has 2 N–H and O–H groups in total. The van der Waals surface area contributed by atoms with Crippen molar-refractivity contribution in [2.75, 3.05) is 36.4 Å². The molecule has 8 nitrogen and oxygen atoms in total. The molecule has 8 heteroatoms. The van der Waals surface area contributed by atoms with Crippen LogP contribution in [-0.2, 0) is 6.42 Å². The normalized spacial score (nSPS) is 19.9. The zero-order valence-electron chi connectivity index (χ0n) is 21.2. The van der Waals surface area contributed by atoms with E-state index in [4.69, 9.17) is 4.98 Å². The molecule has 0 spiro atoms. The summed E-state index contributed by atoms with van der Waals surface area (Å²) in [5.41, 5.74) is 3.89. The Bertz CT molecular complexity index is 1310. The van der Waals surface area contributed by atoms with Crippen LogP contribution in [0.5, 0.6) is 0 Å². The maximum Gasteiger partial charge on any atom is 0.271 e. The van der Waals surface area contributed by atoms with E-state index in [9.17, 15) is 9.59 Å². The number of pyridine rings is 1. The topological polar surface area (TPSA) is 94.2 Å². The highest BCUT2D eigenvalue weighted by Gasteiger charge is 2.28. The number of likely N-dealkylation sites (tertiary alicyclic amines) is 1. The molecule has 2 aromatic heterocycles. The van der Waals surface area contributed by atoms with Gasteiger partial charge in [0.1, 0.15) is 5.69 Å². The van der Waals surface area contributed by atoms with Crippen LogP contribution < -0.4 is 15.8 Å². The second-order valence-corrected chi connectivity index (χ2v) is 10.7. The second kappa shape index (κ2) is 10.5. The number of aromatic nitrogens is 3. The number of carbonyl (C=O) groups excluding carboxylic acids is 1. The summed E-state index contributed by atoms with van der Waals surface area (Å²) in [4.78, 5) is 42.3. The number of rotatable bonds is 8. The summed E-state index contributed by atoms with van der Waals surface area (Å²) in [7, 11) is 0. The first-order chi connectivity index (χ1) is 18.1. The summed E-state index contributed by atoms with van der Waals surface area (Å²) >= 11 is 0. The van der Waals surface area contributed by atoms with Gasteiger partial charge in [-0.3, -0.25) is 14.6 Å². The monoisotopic (exact) mass is 498 g/mol. The Kier molecular flexibility index (Phi) is 6.74. The predicted octanol–water partition coefficient (Wildman–Crippen LogP) is 4.10. The molecule has 0 radical (unpaired) electrons. The highest BCUT2D eigenvalue weighted by Crippen LogP contribution is 2.32. The van der Waals surface area contributed by atoms with E-state index >= 15 is 0 Å². The van der Waals surface area contributed by atoms with E-state index in [-0.39, 0.29) is 17.2 Å². The van der Waals surface area contributed by atoms with Crippen molar-refractivity contribution in [1.29, 1.82) is 0 Å². The minimum absolute atomic E-state index is 0.200. The third-order valence-corrected chi connectivity index (χ3v) is 7.83. The molecule has 1 amide bonds. The number of anilines is 2. The van der Waals surface area contributed by atoms with Gasteiger partial charge in [-0.05, 0) is 94.3 Å². The first kappa shape index (κ1) is 23.9. The van der Waals surface area contributed by atoms with Crippen molar-refractivity contribution in [3.8, 4) is 11.3 Å². The van der Waals surface area contributed by atoms with E-state index in [1.807, 2.05) is 24.3 Å². The maximum absolute atomic E-state index is 13.0. The van der Waals surface area contributed by atoms with Crippen molar-refractivity contribution >= 4 is 17.3 Å². The molecule has 192 valence electrons. The van der Waals surface area contributed by atoms with Gasteiger partial charge in [0.25, 0.3) is 11.5 Å². The van der Waals surface area contributed by atoms with Gasteiger partial charge in [0, 0.05) is 48.3 Å². The second-order valence-electron chi connectivity index (χ2n) is 10.7. The molecule has 3 aromatic rings. The van der Waals surface area contributed by atoms with Crippen LogP contribution in [-0.4, -0.2) is 58.0 Å². The molecule has 1 aromatic carbocycles. The maximum atomic E-state index is 13.0. The standard InChI is InChI=1S/C29H34N6O2/c36-28(21-7-9-24(10-8-21)35-13-3-4-25(35)19-34-11-1-2-12-34)33-26-15-22(16-31-29(26)37)27-18-30-17-23(32-27)14-20-5-6-20/h7-10,15-18,20,25H,1-6,11-14,19H2,(H,31,37)(H,33,36)/t25-/m0/s1. The van der Waals surface area contributed by atoms with Gasteiger partial charge in [-0.2, -0.15) is 0 Å². The minimum atomic E-state index is -0.349. The van der Waals surface area contributed by atoms with Crippen molar-refractivity contribution in [3.63, 3.8) is 0 Å². The van der Waals surface area contributed by atoms with Crippen molar-refractivity contribution in [1.82, 2.24) is 19.9 Å². The highest BCUT2D eigenvalue weighted by atomic mass is 16.2. The van der Waals surface area contributed by atoms with Crippen LogP contribution >= 0.6 is 0 Å². The predicted molar refractivity (Wildman–Crippen MR) is 145 cm³/mol. The molecule has 1 atom stereocenters. The fourth-order valence-corrected chi connectivity index (χ4v) is 5.61. The number of nitrogens with one attached hydrogen (secondary N) is 2. The molecule has 0 unspecified atom stereocenters. The van der Waals surface area contributed by atoms with Crippen LogP contribution in [0, 0.1) is 5.92 Å². The van der Waals surface area contributed by atoms with Crippen molar-refractivity contribution in [2.45, 2.75) is 51.0 Å². The number of hydrogen-bond acceptors (Lipinski definition) is 6. The molecule has 4 heterocycles. The number of hydrogen-bond donors (Lipinski definition) is 2. The van der Waals surface area contributed by atoms with E-state index in [1.165, 1.54) is 51.6 Å². The van der Waals surface area contributed by atoms with Gasteiger partial charge in [-0.25, -0.2) is 4.98 Å². The van der Waals surface area contributed by atoms with Gasteiger partial charge >= 0.3 is 0 Å². The Balaban J connectivity index is 1.14. The van der Waals surface area contributed by atoms with Crippen LogP contribution in [0.3, 0.4) is 0 Å². The fourth-order valence-electron chi connectivity index (χ4n) is 5.61. The molecule has 3 aliphatic rings. The van der Waals surface area contributed by atoms with Crippen LogP contribution in [0.1, 0.15) is 54.6 Å². The summed E-state index contributed by atoms with van der Waals surface area (Å²) in [6.45, 7) is 4.59. The zero-order chi connectivity index (χ0) is 25.2. The Morgan fingerprint density at radius 1 is 1.03 bits per heavy atom. The largest absolute Gasteiger partial charge is 0.367 e. The van der Waals surface area contributed by atoms with E-state index in [2.05, 4.69) is 25.1 Å². The van der Waals surface area contributed by atoms with Crippen LogP contribution in [0.25, 0.3) is 11.3 Å². The number of amides is 1. The van der Waals surface area contributed by atoms with Gasteiger partial charge in [0.2, 0.25) is 0 Å². The lowest BCUT2D eigenvalue weighted by Gasteiger charge is -2.30. The van der Waals surface area contributed by atoms with E-state index in [0.29, 0.717) is 28.8 Å². The van der Waals surface area contributed by atoms with Crippen molar-refractivity contribution in [3.05, 3.63) is 70.5 Å². The van der Waals surface area contributed by atoms with Crippen LogP contribution in [0.15, 0.2) is 53.7 Å². The summed E-state index contributed by atoms with van der Waals surface area (Å²) in [6.07, 6.45) is 13.6. The van der Waals surface area contributed by atoms with Crippen molar-refractivity contribution in [2.24, 2.45) is 5.92 Å². The fraction of sp³-hybridized carbons (Fsp3) is 0.448. The Morgan fingerprint density at radius 2 is 1.84 bits per heavy atom. The third kappa shape index (κ3) is 5.59. The molecule has 1 aliphatic carbocycles. The Labute approximate surface area is 217 Å². The lowest BCUT2D eigenvalue weighted by Crippen LogP contribution is -2.39. The SMILES string of the molecule is O=C(Nc1cc(-c2cncc(CC3CC3)n2)c[nH]c1=O)c1ccc(N2CCC[C@H]2CN2CCCC2)cc1. The molecule has 37 heavy (non-hydrogen) atoms. The van der Waals surface area contributed by atoms with E-state index < -0.39 is 0 Å². The smallest absolute Gasteiger partial charge is 0.271 e. The highest BCUT2D eigenvalue weighted by molar-refractivity contribution is 6.04. The van der Waals surface area contributed by atoms with Gasteiger partial charge in [-0.1, -0.05) is 0 Å². The quantitative estimate of drug-likeness (QED) is 0.486. The first-order valence-electron chi connectivity index (χ1n) is 13.6. The number of nitrogens with zero attached hydrogens (tertiary/aromatic N) is 4. The molecule has 3 fully saturated rings. The van der Waals surface area contributed by atoms with Gasteiger partial charge in [0.05, 0.1) is 17.6 Å². The average Bonchev–Trinajstić information content (AvgIpc) is 3.36. The lowest BCUT2D eigenvalue weighted by atomic mass is 10.1.